The number of amides is 1. The molecule has 0 aliphatic carbocycles. The van der Waals surface area contributed by atoms with E-state index < -0.39 is 16.1 Å². The summed E-state index contributed by atoms with van der Waals surface area (Å²) in [5.74, 6) is 1.34. The Morgan fingerprint density at radius 1 is 1.11 bits per heavy atom. The highest BCUT2D eigenvalue weighted by Gasteiger charge is 2.28. The number of anilines is 1. The first-order chi connectivity index (χ1) is 13.2. The molecule has 2 rings (SSSR count). The van der Waals surface area contributed by atoms with Crippen LogP contribution in [0.3, 0.4) is 0 Å². The van der Waals surface area contributed by atoms with E-state index in [2.05, 4.69) is 30.4 Å². The number of nitrogens with zero attached hydrogens (tertiary/aromatic N) is 1. The van der Waals surface area contributed by atoms with Crippen LogP contribution in [0, 0.1) is 13.8 Å². The molecular formula is C21H28N2O3S2. The van der Waals surface area contributed by atoms with E-state index in [1.807, 2.05) is 19.1 Å². The highest BCUT2D eigenvalue weighted by molar-refractivity contribution is 7.98. The predicted octanol–water partition coefficient (Wildman–Crippen LogP) is 3.51. The minimum absolute atomic E-state index is 0.303. The summed E-state index contributed by atoms with van der Waals surface area (Å²) in [5.41, 5.74) is 3.93. The molecule has 0 saturated carbocycles. The SMILES string of the molecule is Cc1cccc(CSCCNC(=O)[C@@H](C)N(c2cccc(C)c2)S(C)(=O)=O)c1. The Bertz CT molecular complexity index is 913. The Kier molecular flexibility index (Phi) is 7.95. The fraction of sp³-hybridized carbons (Fsp3) is 0.381. The molecule has 0 saturated heterocycles. The molecule has 0 radical (unpaired) electrons. The van der Waals surface area contributed by atoms with Crippen molar-refractivity contribution in [3.8, 4) is 0 Å². The first-order valence-corrected chi connectivity index (χ1v) is 12.2. The van der Waals surface area contributed by atoms with Crippen molar-refractivity contribution < 1.29 is 13.2 Å². The van der Waals surface area contributed by atoms with E-state index in [-0.39, 0.29) is 5.91 Å². The summed E-state index contributed by atoms with van der Waals surface area (Å²) in [4.78, 5) is 12.5. The van der Waals surface area contributed by atoms with Crippen molar-refractivity contribution in [2.75, 3.05) is 22.9 Å². The van der Waals surface area contributed by atoms with Gasteiger partial charge in [-0.15, -0.1) is 0 Å². The summed E-state index contributed by atoms with van der Waals surface area (Å²) >= 11 is 1.73. The van der Waals surface area contributed by atoms with Crippen molar-refractivity contribution in [1.82, 2.24) is 5.32 Å². The molecule has 0 aliphatic rings. The van der Waals surface area contributed by atoms with Gasteiger partial charge in [0.25, 0.3) is 0 Å². The zero-order chi connectivity index (χ0) is 20.7. The molecule has 2 aromatic rings. The molecule has 28 heavy (non-hydrogen) atoms. The van der Waals surface area contributed by atoms with Gasteiger partial charge in [0.15, 0.2) is 0 Å². The van der Waals surface area contributed by atoms with Gasteiger partial charge in [0, 0.05) is 18.1 Å². The average molecular weight is 421 g/mol. The predicted molar refractivity (Wildman–Crippen MR) is 118 cm³/mol. The van der Waals surface area contributed by atoms with E-state index in [0.717, 1.165) is 23.3 Å². The lowest BCUT2D eigenvalue weighted by Crippen LogP contribution is -2.48. The fourth-order valence-electron chi connectivity index (χ4n) is 2.96. The van der Waals surface area contributed by atoms with Crippen LogP contribution < -0.4 is 9.62 Å². The maximum Gasteiger partial charge on any atom is 0.243 e. The van der Waals surface area contributed by atoms with Crippen molar-refractivity contribution in [2.45, 2.75) is 32.6 Å². The third-order valence-corrected chi connectivity index (χ3v) is 6.51. The maximum atomic E-state index is 12.5. The van der Waals surface area contributed by atoms with Crippen LogP contribution in [0.4, 0.5) is 5.69 Å². The quantitative estimate of drug-likeness (QED) is 0.631. The molecule has 0 fully saturated rings. The van der Waals surface area contributed by atoms with Crippen LogP contribution in [0.2, 0.25) is 0 Å². The summed E-state index contributed by atoms with van der Waals surface area (Å²) in [5, 5.41) is 2.85. The van der Waals surface area contributed by atoms with Gasteiger partial charge >= 0.3 is 0 Å². The summed E-state index contributed by atoms with van der Waals surface area (Å²) < 4.78 is 25.8. The Balaban J connectivity index is 1.90. The lowest BCUT2D eigenvalue weighted by atomic mass is 10.2. The number of hydrogen-bond donors (Lipinski definition) is 1. The topological polar surface area (TPSA) is 66.5 Å². The average Bonchev–Trinajstić information content (AvgIpc) is 2.60. The second-order valence-corrected chi connectivity index (χ2v) is 9.87. The minimum atomic E-state index is -3.59. The number of sulfonamides is 1. The van der Waals surface area contributed by atoms with Gasteiger partial charge in [-0.3, -0.25) is 9.10 Å². The van der Waals surface area contributed by atoms with Crippen LogP contribution >= 0.6 is 11.8 Å². The largest absolute Gasteiger partial charge is 0.353 e. The number of rotatable bonds is 9. The lowest BCUT2D eigenvalue weighted by molar-refractivity contribution is -0.121. The van der Waals surface area contributed by atoms with Gasteiger partial charge in [0.1, 0.15) is 6.04 Å². The zero-order valence-corrected chi connectivity index (χ0v) is 18.4. The standard InChI is InChI=1S/C21H28N2O3S2/c1-16-7-5-9-19(13-16)15-27-12-11-22-21(24)18(3)23(28(4,25)26)20-10-6-8-17(2)14-20/h5-10,13-14,18H,11-12,15H2,1-4H3,(H,22,24)/t18-/m1/s1. The summed E-state index contributed by atoms with van der Waals surface area (Å²) in [7, 11) is -3.59. The summed E-state index contributed by atoms with van der Waals surface area (Å²) in [6.45, 7) is 6.06. The second kappa shape index (κ2) is 9.98. The normalized spacial score (nSPS) is 12.4. The third kappa shape index (κ3) is 6.56. The van der Waals surface area contributed by atoms with Crippen molar-refractivity contribution in [1.29, 1.82) is 0 Å². The highest BCUT2D eigenvalue weighted by Crippen LogP contribution is 2.22. The Morgan fingerprint density at radius 3 is 2.36 bits per heavy atom. The van der Waals surface area contributed by atoms with E-state index in [9.17, 15) is 13.2 Å². The van der Waals surface area contributed by atoms with Gasteiger partial charge in [0.05, 0.1) is 11.9 Å². The van der Waals surface area contributed by atoms with Crippen molar-refractivity contribution in [3.05, 3.63) is 65.2 Å². The van der Waals surface area contributed by atoms with Crippen LogP contribution in [0.1, 0.15) is 23.6 Å². The van der Waals surface area contributed by atoms with E-state index in [1.54, 1.807) is 36.9 Å². The molecule has 1 N–H and O–H groups in total. The van der Waals surface area contributed by atoms with Gasteiger partial charge in [-0.05, 0) is 44.0 Å². The van der Waals surface area contributed by atoms with Crippen molar-refractivity contribution in [2.24, 2.45) is 0 Å². The van der Waals surface area contributed by atoms with Crippen LogP contribution in [0.5, 0.6) is 0 Å². The van der Waals surface area contributed by atoms with Crippen LogP contribution in [-0.4, -0.2) is 38.9 Å². The summed E-state index contributed by atoms with van der Waals surface area (Å²) in [6, 6.07) is 14.7. The monoisotopic (exact) mass is 420 g/mol. The van der Waals surface area contributed by atoms with Crippen molar-refractivity contribution in [3.63, 3.8) is 0 Å². The number of aryl methyl sites for hydroxylation is 2. The van der Waals surface area contributed by atoms with Crippen molar-refractivity contribution >= 4 is 33.4 Å². The number of nitrogens with one attached hydrogen (secondary N) is 1. The van der Waals surface area contributed by atoms with E-state index >= 15 is 0 Å². The van der Waals surface area contributed by atoms with E-state index in [0.29, 0.717) is 12.2 Å². The third-order valence-electron chi connectivity index (χ3n) is 4.24. The molecule has 0 aromatic heterocycles. The molecule has 152 valence electrons. The molecule has 5 nitrogen and oxygen atoms in total. The highest BCUT2D eigenvalue weighted by atomic mass is 32.2. The summed E-state index contributed by atoms with van der Waals surface area (Å²) in [6.07, 6.45) is 1.12. The maximum absolute atomic E-state index is 12.5. The number of carbonyl (C=O) groups excluding carboxylic acids is 1. The number of thioether (sulfide) groups is 1. The molecule has 0 heterocycles. The molecule has 0 unspecified atom stereocenters. The molecule has 0 spiro atoms. The molecule has 0 aliphatic heterocycles. The van der Waals surface area contributed by atoms with Gasteiger partial charge in [0.2, 0.25) is 15.9 Å². The number of carbonyl (C=O) groups is 1. The van der Waals surface area contributed by atoms with E-state index in [1.165, 1.54) is 15.4 Å². The van der Waals surface area contributed by atoms with Gasteiger partial charge in [-0.2, -0.15) is 11.8 Å². The minimum Gasteiger partial charge on any atom is -0.353 e. The van der Waals surface area contributed by atoms with Crippen LogP contribution in [0.25, 0.3) is 0 Å². The van der Waals surface area contributed by atoms with Gasteiger partial charge in [-0.1, -0.05) is 42.0 Å². The molecular weight excluding hydrogens is 392 g/mol. The Hall–Kier alpha value is -1.99. The molecule has 7 heteroatoms. The smallest absolute Gasteiger partial charge is 0.243 e. The fourth-order valence-corrected chi connectivity index (χ4v) is 4.93. The first kappa shape index (κ1) is 22.3. The number of hydrogen-bond acceptors (Lipinski definition) is 4. The molecule has 2 aromatic carbocycles. The lowest BCUT2D eigenvalue weighted by Gasteiger charge is -2.28. The van der Waals surface area contributed by atoms with Gasteiger partial charge in [-0.25, -0.2) is 8.42 Å². The molecule has 1 amide bonds. The van der Waals surface area contributed by atoms with Gasteiger partial charge < -0.3 is 5.32 Å². The first-order valence-electron chi connectivity index (χ1n) is 9.15. The second-order valence-electron chi connectivity index (χ2n) is 6.91. The molecule has 1 atom stereocenters. The number of benzene rings is 2. The Labute approximate surface area is 172 Å². The zero-order valence-electron chi connectivity index (χ0n) is 16.8. The Morgan fingerprint density at radius 2 is 1.75 bits per heavy atom. The van der Waals surface area contributed by atoms with E-state index in [4.69, 9.17) is 0 Å². The van der Waals surface area contributed by atoms with Crippen LogP contribution in [-0.2, 0) is 20.6 Å². The molecule has 0 bridgehead atoms. The van der Waals surface area contributed by atoms with Crippen LogP contribution in [0.15, 0.2) is 48.5 Å².